The van der Waals surface area contributed by atoms with Crippen LogP contribution in [0.3, 0.4) is 0 Å². The van der Waals surface area contributed by atoms with Gasteiger partial charge in [-0.25, -0.2) is 0 Å². The normalized spacial score (nSPS) is 29.3. The first-order chi connectivity index (χ1) is 5.69. The summed E-state index contributed by atoms with van der Waals surface area (Å²) in [6.45, 7) is 3.98. The van der Waals surface area contributed by atoms with Crippen LogP contribution in [0.2, 0.25) is 0 Å². The Labute approximate surface area is 73.2 Å². The van der Waals surface area contributed by atoms with Crippen LogP contribution in [0.4, 0.5) is 0 Å². The number of Topliss-reactive ketones (excluding diaryl/α,β-unsaturated/α-hetero) is 1. The van der Waals surface area contributed by atoms with Gasteiger partial charge in [0.25, 0.3) is 0 Å². The molecule has 1 fully saturated rings. The van der Waals surface area contributed by atoms with Crippen molar-refractivity contribution in [3.05, 3.63) is 23.3 Å². The second-order valence-corrected chi connectivity index (χ2v) is 3.90. The van der Waals surface area contributed by atoms with Crippen molar-refractivity contribution in [2.75, 3.05) is 0 Å². The van der Waals surface area contributed by atoms with Gasteiger partial charge in [-0.2, -0.15) is 0 Å². The van der Waals surface area contributed by atoms with Gasteiger partial charge in [-0.3, -0.25) is 4.79 Å². The van der Waals surface area contributed by atoms with Crippen LogP contribution in [-0.4, -0.2) is 5.78 Å². The van der Waals surface area contributed by atoms with E-state index >= 15 is 0 Å². The lowest BCUT2D eigenvalue weighted by molar-refractivity contribution is -0.120. The van der Waals surface area contributed by atoms with Crippen LogP contribution in [-0.2, 0) is 4.79 Å². The van der Waals surface area contributed by atoms with Crippen LogP contribution >= 0.6 is 0 Å². The number of carbonyl (C=O) groups is 1. The van der Waals surface area contributed by atoms with Gasteiger partial charge in [-0.05, 0) is 38.7 Å². The Morgan fingerprint density at radius 2 is 2.17 bits per heavy atom. The van der Waals surface area contributed by atoms with E-state index in [1.807, 2.05) is 19.9 Å². The average molecular weight is 162 g/mol. The van der Waals surface area contributed by atoms with E-state index in [4.69, 9.17) is 0 Å². The lowest BCUT2D eigenvalue weighted by Crippen LogP contribution is -2.21. The van der Waals surface area contributed by atoms with Crippen molar-refractivity contribution in [2.24, 2.45) is 5.41 Å². The lowest BCUT2D eigenvalue weighted by atomic mass is 9.82. The molecule has 1 saturated carbocycles. The van der Waals surface area contributed by atoms with Crippen molar-refractivity contribution in [2.45, 2.75) is 33.1 Å². The highest BCUT2D eigenvalue weighted by atomic mass is 16.1. The SMILES string of the molecule is C/C=C1/C(=O)C2(CC=C1C)CC2. The third kappa shape index (κ3) is 0.889. The molecular formula is C11H14O. The molecule has 0 aromatic heterocycles. The quantitative estimate of drug-likeness (QED) is 0.500. The molecule has 1 nitrogen and oxygen atoms in total. The minimum Gasteiger partial charge on any atom is -0.294 e. The van der Waals surface area contributed by atoms with Crippen LogP contribution in [0.25, 0.3) is 0 Å². The number of rotatable bonds is 0. The standard InChI is InChI=1S/C11H14O/c1-3-9-8(2)4-5-11(6-7-11)10(9)12/h3-4H,5-7H2,1-2H3/b9-3+. The Morgan fingerprint density at radius 3 is 2.67 bits per heavy atom. The van der Waals surface area contributed by atoms with Gasteiger partial charge in [-0.1, -0.05) is 12.2 Å². The van der Waals surface area contributed by atoms with E-state index in [1.54, 1.807) is 0 Å². The zero-order valence-corrected chi connectivity index (χ0v) is 7.68. The molecule has 1 heteroatoms. The van der Waals surface area contributed by atoms with Crippen LogP contribution in [0.1, 0.15) is 33.1 Å². The molecule has 0 aliphatic heterocycles. The number of hydrogen-bond donors (Lipinski definition) is 0. The highest BCUT2D eigenvalue weighted by molar-refractivity contribution is 6.06. The molecule has 64 valence electrons. The van der Waals surface area contributed by atoms with Crippen LogP contribution < -0.4 is 0 Å². The lowest BCUT2D eigenvalue weighted by Gasteiger charge is -2.20. The average Bonchev–Trinajstić information content (AvgIpc) is 2.81. The predicted molar refractivity (Wildman–Crippen MR) is 48.8 cm³/mol. The minimum absolute atomic E-state index is 0.0569. The van der Waals surface area contributed by atoms with Crippen molar-refractivity contribution in [3.63, 3.8) is 0 Å². The van der Waals surface area contributed by atoms with Gasteiger partial charge in [0.05, 0.1) is 0 Å². The zero-order chi connectivity index (χ0) is 8.77. The highest BCUT2D eigenvalue weighted by Crippen LogP contribution is 2.54. The molecule has 0 saturated heterocycles. The Kier molecular flexibility index (Phi) is 1.50. The second kappa shape index (κ2) is 2.32. The number of ketones is 1. The molecule has 0 amide bonds. The molecule has 0 atom stereocenters. The van der Waals surface area contributed by atoms with Crippen LogP contribution in [0.15, 0.2) is 23.3 Å². The summed E-state index contributed by atoms with van der Waals surface area (Å²) in [5, 5.41) is 0. The fraction of sp³-hybridized carbons (Fsp3) is 0.545. The molecule has 0 aromatic carbocycles. The van der Waals surface area contributed by atoms with Crippen molar-refractivity contribution in [1.29, 1.82) is 0 Å². The zero-order valence-electron chi connectivity index (χ0n) is 7.68. The Balaban J connectivity index is 2.40. The molecule has 1 spiro atoms. The van der Waals surface area contributed by atoms with Gasteiger partial charge in [0.2, 0.25) is 0 Å². The van der Waals surface area contributed by atoms with Crippen molar-refractivity contribution >= 4 is 5.78 Å². The summed E-state index contributed by atoms with van der Waals surface area (Å²) in [5.41, 5.74) is 2.18. The summed E-state index contributed by atoms with van der Waals surface area (Å²) in [5.74, 6) is 0.394. The summed E-state index contributed by atoms with van der Waals surface area (Å²) in [7, 11) is 0. The number of hydrogen-bond acceptors (Lipinski definition) is 1. The van der Waals surface area contributed by atoms with Gasteiger partial charge in [0.15, 0.2) is 5.78 Å². The molecule has 0 N–H and O–H groups in total. The third-order valence-electron chi connectivity index (χ3n) is 3.09. The first-order valence-electron chi connectivity index (χ1n) is 4.58. The Morgan fingerprint density at radius 1 is 1.50 bits per heavy atom. The minimum atomic E-state index is 0.0569. The van der Waals surface area contributed by atoms with Crippen molar-refractivity contribution < 1.29 is 4.79 Å². The maximum atomic E-state index is 11.8. The number of allylic oxidation sites excluding steroid dienone is 4. The van der Waals surface area contributed by atoms with E-state index in [1.165, 1.54) is 5.57 Å². The molecule has 0 heterocycles. The summed E-state index contributed by atoms with van der Waals surface area (Å²) < 4.78 is 0. The van der Waals surface area contributed by atoms with Gasteiger partial charge < -0.3 is 0 Å². The summed E-state index contributed by atoms with van der Waals surface area (Å²) in [6.07, 6.45) is 7.35. The fourth-order valence-corrected chi connectivity index (χ4v) is 1.96. The summed E-state index contributed by atoms with van der Waals surface area (Å²) >= 11 is 0. The van der Waals surface area contributed by atoms with Gasteiger partial charge >= 0.3 is 0 Å². The van der Waals surface area contributed by atoms with Crippen LogP contribution in [0, 0.1) is 5.41 Å². The first-order valence-corrected chi connectivity index (χ1v) is 4.58. The fourth-order valence-electron chi connectivity index (χ4n) is 1.96. The maximum Gasteiger partial charge on any atom is 0.169 e. The summed E-state index contributed by atoms with van der Waals surface area (Å²) in [6, 6.07) is 0. The summed E-state index contributed by atoms with van der Waals surface area (Å²) in [4.78, 5) is 11.8. The molecule has 2 aliphatic rings. The van der Waals surface area contributed by atoms with Crippen molar-refractivity contribution in [1.82, 2.24) is 0 Å². The van der Waals surface area contributed by atoms with Gasteiger partial charge in [0.1, 0.15) is 0 Å². The molecule has 0 unspecified atom stereocenters. The smallest absolute Gasteiger partial charge is 0.169 e. The molecule has 2 rings (SSSR count). The van der Waals surface area contributed by atoms with E-state index in [-0.39, 0.29) is 5.41 Å². The van der Waals surface area contributed by atoms with Gasteiger partial charge in [0, 0.05) is 11.0 Å². The van der Waals surface area contributed by atoms with E-state index in [0.29, 0.717) is 5.78 Å². The molecule has 2 aliphatic carbocycles. The topological polar surface area (TPSA) is 17.1 Å². The highest BCUT2D eigenvalue weighted by Gasteiger charge is 2.51. The van der Waals surface area contributed by atoms with E-state index in [0.717, 1.165) is 24.8 Å². The second-order valence-electron chi connectivity index (χ2n) is 3.90. The molecule has 0 bridgehead atoms. The molecular weight excluding hydrogens is 148 g/mol. The number of carbonyl (C=O) groups excluding carboxylic acids is 1. The first kappa shape index (κ1) is 7.78. The Hall–Kier alpha value is -0.850. The van der Waals surface area contributed by atoms with Gasteiger partial charge in [-0.15, -0.1) is 0 Å². The largest absolute Gasteiger partial charge is 0.294 e. The maximum absolute atomic E-state index is 11.8. The van der Waals surface area contributed by atoms with Crippen LogP contribution in [0.5, 0.6) is 0 Å². The van der Waals surface area contributed by atoms with Crippen molar-refractivity contribution in [3.8, 4) is 0 Å². The van der Waals surface area contributed by atoms with E-state index < -0.39 is 0 Å². The molecule has 12 heavy (non-hydrogen) atoms. The van der Waals surface area contributed by atoms with E-state index in [9.17, 15) is 4.79 Å². The van der Waals surface area contributed by atoms with E-state index in [2.05, 4.69) is 6.08 Å². The molecule has 0 radical (unpaired) electrons. The predicted octanol–water partition coefficient (Wildman–Crippen LogP) is 2.63. The molecule has 0 aromatic rings. The Bertz CT molecular complexity index is 290. The third-order valence-corrected chi connectivity index (χ3v) is 3.09. The monoisotopic (exact) mass is 162 g/mol.